The quantitative estimate of drug-likeness (QED) is 0.759. The smallest absolute Gasteiger partial charge is 0.143 e. The summed E-state index contributed by atoms with van der Waals surface area (Å²) in [6, 6.07) is 4.09. The molecule has 0 saturated heterocycles. The van der Waals surface area contributed by atoms with Crippen LogP contribution in [0.4, 0.5) is 0 Å². The van der Waals surface area contributed by atoms with E-state index in [1.165, 1.54) is 24.1 Å². The van der Waals surface area contributed by atoms with E-state index in [9.17, 15) is 4.79 Å². The molecule has 1 heterocycles. The Hall–Kier alpha value is -0.630. The lowest BCUT2D eigenvalue weighted by molar-refractivity contribution is -0.128. The van der Waals surface area contributed by atoms with Crippen molar-refractivity contribution in [2.24, 2.45) is 5.41 Å². The van der Waals surface area contributed by atoms with Crippen LogP contribution in [0, 0.1) is 5.41 Å². The molecule has 1 aromatic heterocycles. The van der Waals surface area contributed by atoms with Crippen molar-refractivity contribution in [3.05, 3.63) is 22.4 Å². The van der Waals surface area contributed by atoms with Gasteiger partial charge in [0.15, 0.2) is 0 Å². The summed E-state index contributed by atoms with van der Waals surface area (Å²) in [6.07, 6.45) is 6.60. The molecule has 0 spiro atoms. The molecule has 0 aliphatic heterocycles. The molecule has 0 aromatic carbocycles. The van der Waals surface area contributed by atoms with E-state index in [1.54, 1.807) is 11.3 Å². The average Bonchev–Trinajstić information content (AvgIpc) is 2.71. The van der Waals surface area contributed by atoms with Crippen LogP contribution in [-0.2, 0) is 11.2 Å². The Bertz CT molecular complexity index is 320. The predicted molar refractivity (Wildman–Crippen MR) is 64.2 cm³/mol. The molecule has 1 nitrogen and oxygen atoms in total. The van der Waals surface area contributed by atoms with Crippen LogP contribution in [0.1, 0.15) is 43.9 Å². The van der Waals surface area contributed by atoms with Gasteiger partial charge >= 0.3 is 0 Å². The van der Waals surface area contributed by atoms with Gasteiger partial charge in [-0.05, 0) is 24.3 Å². The highest BCUT2D eigenvalue weighted by Gasteiger charge is 2.33. The summed E-state index contributed by atoms with van der Waals surface area (Å²) < 4.78 is 0. The van der Waals surface area contributed by atoms with Crippen molar-refractivity contribution in [2.75, 3.05) is 0 Å². The Morgan fingerprint density at radius 3 is 2.73 bits per heavy atom. The zero-order valence-electron chi connectivity index (χ0n) is 9.29. The van der Waals surface area contributed by atoms with Crippen LogP contribution in [-0.4, -0.2) is 5.78 Å². The first-order valence-corrected chi connectivity index (χ1v) is 6.64. The minimum atomic E-state index is -0.0256. The van der Waals surface area contributed by atoms with Gasteiger partial charge in [0.2, 0.25) is 0 Å². The van der Waals surface area contributed by atoms with E-state index in [-0.39, 0.29) is 5.41 Å². The lowest BCUT2D eigenvalue weighted by Crippen LogP contribution is -2.31. The Kier molecular flexibility index (Phi) is 3.25. The van der Waals surface area contributed by atoms with Gasteiger partial charge in [-0.3, -0.25) is 4.79 Å². The third-order valence-corrected chi connectivity index (χ3v) is 4.42. The molecule has 2 rings (SSSR count). The monoisotopic (exact) mass is 222 g/mol. The fraction of sp³-hybridized carbons (Fsp3) is 0.615. The van der Waals surface area contributed by atoms with Gasteiger partial charge < -0.3 is 0 Å². The number of ketones is 1. The molecular weight excluding hydrogens is 204 g/mol. The Labute approximate surface area is 95.5 Å². The second-order valence-electron chi connectivity index (χ2n) is 4.80. The third-order valence-electron chi connectivity index (χ3n) is 3.55. The maximum atomic E-state index is 12.2. The lowest BCUT2D eigenvalue weighted by Gasteiger charge is -2.31. The van der Waals surface area contributed by atoms with Gasteiger partial charge in [0.05, 0.1) is 0 Å². The Morgan fingerprint density at radius 1 is 1.40 bits per heavy atom. The molecule has 15 heavy (non-hydrogen) atoms. The largest absolute Gasteiger partial charge is 0.299 e. The van der Waals surface area contributed by atoms with E-state index in [0.717, 1.165) is 12.8 Å². The van der Waals surface area contributed by atoms with Crippen LogP contribution in [0.3, 0.4) is 0 Å². The van der Waals surface area contributed by atoms with Gasteiger partial charge in [-0.1, -0.05) is 32.3 Å². The summed E-state index contributed by atoms with van der Waals surface area (Å²) in [5.41, 5.74) is -0.0256. The molecule has 1 fully saturated rings. The standard InChI is InChI=1S/C13H18OS/c1-13(7-3-2-4-8-13)12(14)10-11-6-5-9-15-11/h5-6,9H,2-4,7-8,10H2,1H3. The number of hydrogen-bond donors (Lipinski definition) is 0. The minimum absolute atomic E-state index is 0.0256. The fourth-order valence-electron chi connectivity index (χ4n) is 2.40. The van der Waals surface area contributed by atoms with Crippen LogP contribution < -0.4 is 0 Å². The molecule has 0 N–H and O–H groups in total. The zero-order chi connectivity index (χ0) is 10.7. The number of carbonyl (C=O) groups is 1. The number of thiophene rings is 1. The number of rotatable bonds is 3. The summed E-state index contributed by atoms with van der Waals surface area (Å²) in [4.78, 5) is 13.4. The Morgan fingerprint density at radius 2 is 2.13 bits per heavy atom. The number of carbonyl (C=O) groups excluding carboxylic acids is 1. The van der Waals surface area contributed by atoms with E-state index >= 15 is 0 Å². The average molecular weight is 222 g/mol. The second kappa shape index (κ2) is 4.48. The molecule has 0 unspecified atom stereocenters. The molecule has 1 aliphatic rings. The maximum Gasteiger partial charge on any atom is 0.143 e. The van der Waals surface area contributed by atoms with Gasteiger partial charge in [0.1, 0.15) is 5.78 Å². The predicted octanol–water partition coefficient (Wildman–Crippen LogP) is 3.83. The highest BCUT2D eigenvalue weighted by Crippen LogP contribution is 2.37. The van der Waals surface area contributed by atoms with Crippen LogP contribution in [0.2, 0.25) is 0 Å². The summed E-state index contributed by atoms with van der Waals surface area (Å²) in [5.74, 6) is 0.449. The molecule has 0 amide bonds. The fourth-order valence-corrected chi connectivity index (χ4v) is 3.10. The Balaban J connectivity index is 2.00. The molecule has 1 aromatic rings. The second-order valence-corrected chi connectivity index (χ2v) is 5.83. The van der Waals surface area contributed by atoms with Gasteiger partial charge in [-0.25, -0.2) is 0 Å². The normalized spacial score (nSPS) is 20.1. The topological polar surface area (TPSA) is 17.1 Å². The van der Waals surface area contributed by atoms with Gasteiger partial charge in [-0.15, -0.1) is 11.3 Å². The molecule has 1 saturated carbocycles. The van der Waals surface area contributed by atoms with Crippen molar-refractivity contribution >= 4 is 17.1 Å². The number of Topliss-reactive ketones (excluding diaryl/α,β-unsaturated/α-hetero) is 1. The number of hydrogen-bond acceptors (Lipinski definition) is 2. The van der Waals surface area contributed by atoms with Crippen LogP contribution >= 0.6 is 11.3 Å². The van der Waals surface area contributed by atoms with Gasteiger partial charge in [0.25, 0.3) is 0 Å². The molecule has 2 heteroatoms. The summed E-state index contributed by atoms with van der Waals surface area (Å²) in [6.45, 7) is 2.15. The SMILES string of the molecule is CC1(C(=O)Cc2cccs2)CCCCC1. The molecule has 0 bridgehead atoms. The molecule has 82 valence electrons. The van der Waals surface area contributed by atoms with Crippen molar-refractivity contribution in [1.29, 1.82) is 0 Å². The first-order chi connectivity index (χ1) is 7.21. The van der Waals surface area contributed by atoms with Gasteiger partial charge in [0, 0.05) is 16.7 Å². The van der Waals surface area contributed by atoms with Crippen LogP contribution in [0.15, 0.2) is 17.5 Å². The highest BCUT2D eigenvalue weighted by molar-refractivity contribution is 7.10. The molecule has 0 radical (unpaired) electrons. The van der Waals surface area contributed by atoms with Crippen molar-refractivity contribution < 1.29 is 4.79 Å². The lowest BCUT2D eigenvalue weighted by atomic mass is 9.72. The molecule has 1 aliphatic carbocycles. The van der Waals surface area contributed by atoms with Gasteiger partial charge in [-0.2, -0.15) is 0 Å². The first kappa shape index (κ1) is 10.9. The molecular formula is C13H18OS. The maximum absolute atomic E-state index is 12.2. The third kappa shape index (κ3) is 2.49. The van der Waals surface area contributed by atoms with Crippen LogP contribution in [0.5, 0.6) is 0 Å². The van der Waals surface area contributed by atoms with E-state index in [4.69, 9.17) is 0 Å². The summed E-state index contributed by atoms with van der Waals surface area (Å²) in [5, 5.41) is 2.05. The summed E-state index contributed by atoms with van der Waals surface area (Å²) in [7, 11) is 0. The highest BCUT2D eigenvalue weighted by atomic mass is 32.1. The van der Waals surface area contributed by atoms with Crippen LogP contribution in [0.25, 0.3) is 0 Å². The van der Waals surface area contributed by atoms with Crippen molar-refractivity contribution in [1.82, 2.24) is 0 Å². The molecule has 0 atom stereocenters. The van der Waals surface area contributed by atoms with E-state index in [1.807, 2.05) is 11.4 Å². The van der Waals surface area contributed by atoms with Crippen molar-refractivity contribution in [3.63, 3.8) is 0 Å². The van der Waals surface area contributed by atoms with E-state index in [0.29, 0.717) is 12.2 Å². The van der Waals surface area contributed by atoms with Crippen molar-refractivity contribution in [2.45, 2.75) is 45.4 Å². The van der Waals surface area contributed by atoms with E-state index in [2.05, 4.69) is 13.0 Å². The minimum Gasteiger partial charge on any atom is -0.299 e. The summed E-state index contributed by atoms with van der Waals surface area (Å²) >= 11 is 1.69. The zero-order valence-corrected chi connectivity index (χ0v) is 10.1. The van der Waals surface area contributed by atoms with Crippen molar-refractivity contribution in [3.8, 4) is 0 Å². The van der Waals surface area contributed by atoms with E-state index < -0.39 is 0 Å². The first-order valence-electron chi connectivity index (χ1n) is 5.76.